The van der Waals surface area contributed by atoms with Crippen molar-refractivity contribution >= 4 is 17.7 Å². The third-order valence-electron chi connectivity index (χ3n) is 6.17. The van der Waals surface area contributed by atoms with Gasteiger partial charge in [-0.2, -0.15) is 18.4 Å². The first-order valence-electron chi connectivity index (χ1n) is 10.4. The van der Waals surface area contributed by atoms with E-state index >= 15 is 0 Å². The van der Waals surface area contributed by atoms with Crippen LogP contribution in [0.3, 0.4) is 0 Å². The van der Waals surface area contributed by atoms with Crippen molar-refractivity contribution in [3.8, 4) is 17.6 Å². The van der Waals surface area contributed by atoms with Crippen molar-refractivity contribution in [2.75, 3.05) is 12.3 Å². The van der Waals surface area contributed by atoms with Crippen LogP contribution in [0.4, 0.5) is 13.2 Å². The van der Waals surface area contributed by atoms with Gasteiger partial charge < -0.3 is 10.0 Å². The van der Waals surface area contributed by atoms with Crippen LogP contribution >= 0.6 is 11.8 Å². The van der Waals surface area contributed by atoms with Crippen LogP contribution in [0.15, 0.2) is 58.2 Å². The molecule has 3 aromatic rings. The molecule has 2 aliphatic heterocycles. The lowest BCUT2D eigenvalue weighted by atomic mass is 10.1. The minimum Gasteiger partial charge on any atom is -0.493 e. The highest BCUT2D eigenvalue weighted by molar-refractivity contribution is 8.00. The molecule has 11 heteroatoms. The van der Waals surface area contributed by atoms with Crippen molar-refractivity contribution < 1.29 is 23.1 Å². The van der Waals surface area contributed by atoms with Gasteiger partial charge >= 0.3 is 11.9 Å². The number of nitrogens with zero attached hydrogens (tertiary/aromatic N) is 4. The second-order valence-corrected chi connectivity index (χ2v) is 9.14. The largest absolute Gasteiger partial charge is 0.493 e. The topological polar surface area (TPSA) is 91.3 Å². The number of hydrogen-bond donors (Lipinski definition) is 1. The van der Waals surface area contributed by atoms with Gasteiger partial charge in [0.2, 0.25) is 11.8 Å². The third-order valence-corrected chi connectivity index (χ3v) is 7.17. The number of likely N-dealkylation sites (tertiary alicyclic amines) is 1. The second-order valence-electron chi connectivity index (χ2n) is 8.09. The highest BCUT2D eigenvalue weighted by atomic mass is 32.2. The number of benzene rings is 2. The summed E-state index contributed by atoms with van der Waals surface area (Å²) in [5, 5.41) is 19.9. The highest BCUT2D eigenvalue weighted by Gasteiger charge is 2.49. The molecule has 0 saturated carbocycles. The van der Waals surface area contributed by atoms with Gasteiger partial charge in [0.15, 0.2) is 0 Å². The summed E-state index contributed by atoms with van der Waals surface area (Å²) in [7, 11) is 0. The van der Waals surface area contributed by atoms with E-state index in [4.69, 9.17) is 5.26 Å². The average molecular weight is 486 g/mol. The molecule has 5 rings (SSSR count). The van der Waals surface area contributed by atoms with Gasteiger partial charge in [0.25, 0.3) is 0 Å². The van der Waals surface area contributed by atoms with E-state index in [1.54, 1.807) is 4.90 Å². The Morgan fingerprint density at radius 2 is 1.94 bits per heavy atom. The van der Waals surface area contributed by atoms with Crippen LogP contribution < -0.4 is 5.69 Å². The number of hydrogen-bond acceptors (Lipinski definition) is 5. The molecule has 7 nitrogen and oxygen atoms in total. The number of rotatable bonds is 4. The maximum Gasteiger partial charge on any atom is 0.417 e. The van der Waals surface area contributed by atoms with Crippen molar-refractivity contribution in [2.24, 2.45) is 0 Å². The van der Waals surface area contributed by atoms with Crippen LogP contribution in [0.2, 0.25) is 0 Å². The zero-order valence-electron chi connectivity index (χ0n) is 17.5. The molecule has 34 heavy (non-hydrogen) atoms. The third kappa shape index (κ3) is 3.45. The molecule has 0 spiro atoms. The van der Waals surface area contributed by atoms with E-state index in [0.717, 1.165) is 15.5 Å². The summed E-state index contributed by atoms with van der Waals surface area (Å²) >= 11 is 1.38. The molecule has 2 bridgehead atoms. The van der Waals surface area contributed by atoms with Crippen molar-refractivity contribution in [2.45, 2.75) is 29.6 Å². The van der Waals surface area contributed by atoms with Gasteiger partial charge in [-0.25, -0.2) is 9.36 Å². The monoisotopic (exact) mass is 486 g/mol. The van der Waals surface area contributed by atoms with Crippen molar-refractivity contribution in [3.63, 3.8) is 0 Å². The maximum atomic E-state index is 13.4. The van der Waals surface area contributed by atoms with E-state index in [2.05, 4.69) is 0 Å². The zero-order chi connectivity index (χ0) is 24.2. The summed E-state index contributed by atoms with van der Waals surface area (Å²) in [6, 6.07) is 12.8. The number of fused-ring (bicyclic) bond motifs is 5. The molecule has 2 unspecified atom stereocenters. The molecular weight excluding hydrogens is 469 g/mol. The fourth-order valence-electron chi connectivity index (χ4n) is 4.70. The molecule has 0 radical (unpaired) electrons. The molecule has 3 heterocycles. The van der Waals surface area contributed by atoms with Gasteiger partial charge in [-0.3, -0.25) is 9.36 Å². The van der Waals surface area contributed by atoms with Crippen LogP contribution in [0, 0.1) is 11.3 Å². The zero-order valence-corrected chi connectivity index (χ0v) is 18.3. The van der Waals surface area contributed by atoms with Gasteiger partial charge in [0.1, 0.15) is 5.69 Å². The first-order chi connectivity index (χ1) is 16.2. The predicted molar refractivity (Wildman–Crippen MR) is 117 cm³/mol. The van der Waals surface area contributed by atoms with Crippen LogP contribution in [0.25, 0.3) is 5.69 Å². The lowest BCUT2D eigenvalue weighted by molar-refractivity contribution is -0.137. The van der Waals surface area contributed by atoms with Gasteiger partial charge in [-0.05, 0) is 36.8 Å². The number of carbonyl (C=O) groups is 1. The number of aromatic nitrogens is 2. The SMILES string of the molecule is N#Cc1ccc(-n2c(O)c3n(c2=O)C2CC3N(C(=O)CSc3ccccc3)C2)cc1C(F)(F)F. The molecule has 1 amide bonds. The number of imidazole rings is 1. The number of carbonyl (C=O) groups excluding carboxylic acids is 1. The van der Waals surface area contributed by atoms with E-state index in [1.807, 2.05) is 30.3 Å². The second kappa shape index (κ2) is 7.99. The van der Waals surface area contributed by atoms with Gasteiger partial charge in [0.05, 0.1) is 40.7 Å². The van der Waals surface area contributed by atoms with Crippen LogP contribution in [-0.4, -0.2) is 37.3 Å². The quantitative estimate of drug-likeness (QED) is 0.566. The van der Waals surface area contributed by atoms with E-state index in [0.29, 0.717) is 12.5 Å². The molecular formula is C23H17F3N4O3S. The number of halogens is 3. The number of nitriles is 1. The predicted octanol–water partition coefficient (Wildman–Crippen LogP) is 3.86. The Balaban J connectivity index is 1.47. The molecule has 2 aliphatic rings. The fourth-order valence-corrected chi connectivity index (χ4v) is 5.51. The maximum absolute atomic E-state index is 13.4. The smallest absolute Gasteiger partial charge is 0.417 e. The lowest BCUT2D eigenvalue weighted by Gasteiger charge is -2.27. The first-order valence-corrected chi connectivity index (χ1v) is 11.3. The molecule has 2 atom stereocenters. The minimum atomic E-state index is -4.80. The minimum absolute atomic E-state index is 0.148. The number of aromatic hydroxyl groups is 1. The van der Waals surface area contributed by atoms with Gasteiger partial charge in [-0.1, -0.05) is 18.2 Å². The number of amides is 1. The van der Waals surface area contributed by atoms with Crippen molar-refractivity contribution in [3.05, 3.63) is 75.8 Å². The normalized spacial score (nSPS) is 18.7. The summed E-state index contributed by atoms with van der Waals surface area (Å²) in [6.07, 6.45) is -4.34. The van der Waals surface area contributed by atoms with E-state index in [9.17, 15) is 27.9 Å². The fraction of sp³-hybridized carbons (Fsp3) is 0.261. The average Bonchev–Trinajstić information content (AvgIpc) is 3.48. The summed E-state index contributed by atoms with van der Waals surface area (Å²) in [4.78, 5) is 28.5. The standard InChI is InChI=1S/C23H17F3N4O3S/c24-23(25,26)17-8-14(7-6-13(17)10-27)30-21(32)20-18-9-15(29(20)22(30)33)11-28(18)19(31)12-34-16-4-2-1-3-5-16/h1-8,15,18,32H,9,11-12H2. The highest BCUT2D eigenvalue weighted by Crippen LogP contribution is 2.49. The van der Waals surface area contributed by atoms with E-state index in [-0.39, 0.29) is 35.6 Å². The van der Waals surface area contributed by atoms with Crippen LogP contribution in [0.5, 0.6) is 5.88 Å². The van der Waals surface area contributed by atoms with E-state index in [1.165, 1.54) is 28.5 Å². The Kier molecular flexibility index (Phi) is 5.20. The van der Waals surface area contributed by atoms with E-state index < -0.39 is 34.9 Å². The van der Waals surface area contributed by atoms with Crippen LogP contribution in [-0.2, 0) is 11.0 Å². The first kappa shape index (κ1) is 22.2. The molecule has 2 aromatic carbocycles. The Hall–Kier alpha value is -3.65. The Morgan fingerprint density at radius 1 is 1.21 bits per heavy atom. The van der Waals surface area contributed by atoms with Gasteiger partial charge in [-0.15, -0.1) is 11.8 Å². The number of alkyl halides is 3. The van der Waals surface area contributed by atoms with Crippen LogP contribution in [0.1, 0.15) is 35.3 Å². The molecule has 1 fully saturated rings. The molecule has 0 aliphatic carbocycles. The lowest BCUT2D eigenvalue weighted by Crippen LogP contribution is -2.38. The Bertz CT molecular complexity index is 1390. The Labute approximate surface area is 195 Å². The van der Waals surface area contributed by atoms with Crippen molar-refractivity contribution in [1.29, 1.82) is 5.26 Å². The molecule has 1 aromatic heterocycles. The summed E-state index contributed by atoms with van der Waals surface area (Å²) < 4.78 is 42.4. The molecule has 174 valence electrons. The molecule has 1 N–H and O–H groups in total. The van der Waals surface area contributed by atoms with Gasteiger partial charge in [0, 0.05) is 11.4 Å². The summed E-state index contributed by atoms with van der Waals surface area (Å²) in [5.74, 6) is -0.461. The molecule has 1 saturated heterocycles. The van der Waals surface area contributed by atoms with Crippen molar-refractivity contribution in [1.82, 2.24) is 14.0 Å². The summed E-state index contributed by atoms with van der Waals surface area (Å²) in [6.45, 7) is 0.288. The Morgan fingerprint density at radius 3 is 2.62 bits per heavy atom. The number of thioether (sulfide) groups is 1. The summed E-state index contributed by atoms with van der Waals surface area (Å²) in [5.41, 5.74) is -2.43.